The van der Waals surface area contributed by atoms with Gasteiger partial charge in [-0.05, 0) is 19.1 Å². The van der Waals surface area contributed by atoms with Gasteiger partial charge in [0.25, 0.3) is 0 Å². The number of halogens is 1. The Kier molecular flexibility index (Phi) is 3.82. The molecule has 2 amide bonds. The standard InChI is InChI=1S/C10H11FN2O3/c1-6(9(14)15)12-10(16)13-8-5-3-2-4-7(8)11/h2-6H,1H3,(H,14,15)(H2,12,13,16)/t6-/m0/s1. The number of urea groups is 1. The SMILES string of the molecule is C[C@H](NC(=O)Nc1ccccc1F)C(=O)O. The Bertz CT molecular complexity index is 409. The zero-order valence-corrected chi connectivity index (χ0v) is 8.53. The first-order chi connectivity index (χ1) is 7.50. The first kappa shape index (κ1) is 12.0. The molecule has 0 aliphatic heterocycles. The van der Waals surface area contributed by atoms with Crippen LogP contribution in [0.1, 0.15) is 6.92 Å². The quantitative estimate of drug-likeness (QED) is 0.729. The van der Waals surface area contributed by atoms with Crippen LogP contribution >= 0.6 is 0 Å². The predicted molar refractivity (Wildman–Crippen MR) is 55.7 cm³/mol. The zero-order valence-electron chi connectivity index (χ0n) is 8.53. The number of hydrogen-bond donors (Lipinski definition) is 3. The summed E-state index contributed by atoms with van der Waals surface area (Å²) >= 11 is 0. The molecule has 6 heteroatoms. The van der Waals surface area contributed by atoms with Gasteiger partial charge in [0.2, 0.25) is 0 Å². The van der Waals surface area contributed by atoms with E-state index in [1.165, 1.54) is 25.1 Å². The van der Waals surface area contributed by atoms with Crippen LogP contribution in [0.25, 0.3) is 0 Å². The highest BCUT2D eigenvalue weighted by Crippen LogP contribution is 2.11. The highest BCUT2D eigenvalue weighted by molar-refractivity contribution is 5.92. The third-order valence-electron chi connectivity index (χ3n) is 1.84. The van der Waals surface area contributed by atoms with Crippen LogP contribution in [0.4, 0.5) is 14.9 Å². The molecule has 0 fully saturated rings. The number of anilines is 1. The minimum atomic E-state index is -1.16. The van der Waals surface area contributed by atoms with Crippen LogP contribution in [0.3, 0.4) is 0 Å². The molecule has 5 nitrogen and oxygen atoms in total. The molecule has 0 heterocycles. The number of benzene rings is 1. The summed E-state index contributed by atoms with van der Waals surface area (Å²) in [6.07, 6.45) is 0. The molecule has 16 heavy (non-hydrogen) atoms. The summed E-state index contributed by atoms with van der Waals surface area (Å²) in [6, 6.07) is 3.81. The van der Waals surface area contributed by atoms with Gasteiger partial charge in [0.15, 0.2) is 0 Å². The van der Waals surface area contributed by atoms with Gasteiger partial charge in [0, 0.05) is 0 Å². The van der Waals surface area contributed by atoms with Crippen molar-refractivity contribution in [2.45, 2.75) is 13.0 Å². The Morgan fingerprint density at radius 3 is 2.56 bits per heavy atom. The van der Waals surface area contributed by atoms with Gasteiger partial charge in [0.1, 0.15) is 11.9 Å². The number of nitrogens with one attached hydrogen (secondary N) is 2. The van der Waals surface area contributed by atoms with Gasteiger partial charge < -0.3 is 15.7 Å². The van der Waals surface area contributed by atoms with E-state index < -0.39 is 23.9 Å². The first-order valence-corrected chi connectivity index (χ1v) is 4.55. The average molecular weight is 226 g/mol. The number of amides is 2. The van der Waals surface area contributed by atoms with E-state index in [1.807, 2.05) is 0 Å². The molecule has 1 atom stereocenters. The molecule has 1 aromatic carbocycles. The van der Waals surface area contributed by atoms with Crippen LogP contribution in [0.15, 0.2) is 24.3 Å². The molecular weight excluding hydrogens is 215 g/mol. The fourth-order valence-corrected chi connectivity index (χ4v) is 0.979. The summed E-state index contributed by atoms with van der Waals surface area (Å²) < 4.78 is 13.1. The van der Waals surface area contributed by atoms with Crippen molar-refractivity contribution in [2.75, 3.05) is 5.32 Å². The maximum absolute atomic E-state index is 13.1. The lowest BCUT2D eigenvalue weighted by atomic mass is 10.3. The zero-order chi connectivity index (χ0) is 12.1. The van der Waals surface area contributed by atoms with E-state index in [4.69, 9.17) is 5.11 Å². The molecule has 0 saturated carbocycles. The van der Waals surface area contributed by atoms with Gasteiger partial charge in [-0.2, -0.15) is 0 Å². The van der Waals surface area contributed by atoms with E-state index in [1.54, 1.807) is 6.07 Å². The van der Waals surface area contributed by atoms with Gasteiger partial charge >= 0.3 is 12.0 Å². The second kappa shape index (κ2) is 5.11. The minimum Gasteiger partial charge on any atom is -0.480 e. The van der Waals surface area contributed by atoms with E-state index in [-0.39, 0.29) is 5.69 Å². The Morgan fingerprint density at radius 1 is 1.38 bits per heavy atom. The molecule has 0 aliphatic rings. The fourth-order valence-electron chi connectivity index (χ4n) is 0.979. The maximum Gasteiger partial charge on any atom is 0.325 e. The van der Waals surface area contributed by atoms with Crippen LogP contribution in [-0.4, -0.2) is 23.1 Å². The number of carbonyl (C=O) groups is 2. The second-order valence-corrected chi connectivity index (χ2v) is 3.14. The molecule has 0 aliphatic carbocycles. The highest BCUT2D eigenvalue weighted by Gasteiger charge is 2.14. The molecule has 86 valence electrons. The predicted octanol–water partition coefficient (Wildman–Crippen LogP) is 1.42. The van der Waals surface area contributed by atoms with E-state index in [2.05, 4.69) is 10.6 Å². The Hall–Kier alpha value is -2.11. The summed E-state index contributed by atoms with van der Waals surface area (Å²) in [7, 11) is 0. The summed E-state index contributed by atoms with van der Waals surface area (Å²) in [5.41, 5.74) is -0.00223. The van der Waals surface area contributed by atoms with Gasteiger partial charge in [-0.3, -0.25) is 4.79 Å². The van der Waals surface area contributed by atoms with Crippen molar-refractivity contribution >= 4 is 17.7 Å². The van der Waals surface area contributed by atoms with Crippen LogP contribution in [0, 0.1) is 5.82 Å². The van der Waals surface area contributed by atoms with E-state index >= 15 is 0 Å². The lowest BCUT2D eigenvalue weighted by molar-refractivity contribution is -0.138. The topological polar surface area (TPSA) is 78.4 Å². The van der Waals surface area contributed by atoms with Crippen LogP contribution in [-0.2, 0) is 4.79 Å². The van der Waals surface area contributed by atoms with Crippen molar-refractivity contribution in [3.8, 4) is 0 Å². The summed E-state index contributed by atoms with van der Waals surface area (Å²) in [5.74, 6) is -1.75. The van der Waals surface area contributed by atoms with Gasteiger partial charge in [-0.25, -0.2) is 9.18 Å². The Morgan fingerprint density at radius 2 is 2.00 bits per heavy atom. The van der Waals surface area contributed by atoms with E-state index in [9.17, 15) is 14.0 Å². The molecule has 0 radical (unpaired) electrons. The maximum atomic E-state index is 13.1. The lowest BCUT2D eigenvalue weighted by Crippen LogP contribution is -2.40. The molecule has 0 bridgehead atoms. The van der Waals surface area contributed by atoms with Crippen molar-refractivity contribution in [2.24, 2.45) is 0 Å². The highest BCUT2D eigenvalue weighted by atomic mass is 19.1. The molecule has 1 aromatic rings. The van der Waals surface area contributed by atoms with Gasteiger partial charge in [-0.1, -0.05) is 12.1 Å². The lowest BCUT2D eigenvalue weighted by Gasteiger charge is -2.10. The van der Waals surface area contributed by atoms with Crippen molar-refractivity contribution < 1.29 is 19.1 Å². The Balaban J connectivity index is 2.59. The number of carboxylic acid groups (broad SMARTS) is 1. The molecule has 1 rings (SSSR count). The largest absolute Gasteiger partial charge is 0.480 e. The number of carboxylic acids is 1. The molecular formula is C10H11FN2O3. The third kappa shape index (κ3) is 3.23. The van der Waals surface area contributed by atoms with Crippen molar-refractivity contribution in [1.82, 2.24) is 5.32 Å². The van der Waals surface area contributed by atoms with Crippen LogP contribution < -0.4 is 10.6 Å². The summed E-state index contributed by atoms with van der Waals surface area (Å²) in [6.45, 7) is 1.31. The fraction of sp³-hybridized carbons (Fsp3) is 0.200. The van der Waals surface area contributed by atoms with Crippen molar-refractivity contribution in [1.29, 1.82) is 0 Å². The summed E-state index contributed by atoms with van der Waals surface area (Å²) in [4.78, 5) is 21.7. The monoisotopic (exact) mass is 226 g/mol. The number of rotatable bonds is 3. The van der Waals surface area contributed by atoms with Crippen molar-refractivity contribution in [3.63, 3.8) is 0 Å². The third-order valence-corrected chi connectivity index (χ3v) is 1.84. The summed E-state index contributed by atoms with van der Waals surface area (Å²) in [5, 5.41) is 12.9. The number of carbonyl (C=O) groups excluding carboxylic acids is 1. The van der Waals surface area contributed by atoms with Crippen LogP contribution in [0.5, 0.6) is 0 Å². The first-order valence-electron chi connectivity index (χ1n) is 4.55. The number of aliphatic carboxylic acids is 1. The second-order valence-electron chi connectivity index (χ2n) is 3.14. The molecule has 0 aromatic heterocycles. The number of para-hydroxylation sites is 1. The molecule has 0 spiro atoms. The van der Waals surface area contributed by atoms with Crippen molar-refractivity contribution in [3.05, 3.63) is 30.1 Å². The minimum absolute atomic E-state index is 0.00223. The Labute approximate surface area is 91.3 Å². The molecule has 0 saturated heterocycles. The van der Waals surface area contributed by atoms with Gasteiger partial charge in [0.05, 0.1) is 5.69 Å². The average Bonchev–Trinajstić information content (AvgIpc) is 2.21. The van der Waals surface area contributed by atoms with Gasteiger partial charge in [-0.15, -0.1) is 0 Å². The smallest absolute Gasteiger partial charge is 0.325 e. The van der Waals surface area contributed by atoms with Crippen LogP contribution in [0.2, 0.25) is 0 Å². The molecule has 3 N–H and O–H groups in total. The number of hydrogen-bond acceptors (Lipinski definition) is 2. The molecule has 0 unspecified atom stereocenters. The van der Waals surface area contributed by atoms with E-state index in [0.717, 1.165) is 0 Å². The normalized spacial score (nSPS) is 11.6. The van der Waals surface area contributed by atoms with E-state index in [0.29, 0.717) is 0 Å².